The quantitative estimate of drug-likeness (QED) is 0.705. The maximum atomic E-state index is 12.4. The molecule has 118 valence electrons. The zero-order chi connectivity index (χ0) is 17.3. The number of terminal acetylenes is 1. The molecule has 1 aromatic rings. The van der Waals surface area contributed by atoms with Gasteiger partial charge in [0.1, 0.15) is 5.82 Å². The van der Waals surface area contributed by atoms with Crippen LogP contribution in [0.3, 0.4) is 0 Å². The predicted octanol–water partition coefficient (Wildman–Crippen LogP) is 0.948. The van der Waals surface area contributed by atoms with Crippen molar-refractivity contribution in [2.75, 3.05) is 5.32 Å². The van der Waals surface area contributed by atoms with E-state index in [4.69, 9.17) is 11.7 Å². The van der Waals surface area contributed by atoms with E-state index < -0.39 is 17.1 Å². The summed E-state index contributed by atoms with van der Waals surface area (Å²) in [4.78, 5) is 28.7. The molecule has 0 bridgehead atoms. The molecule has 1 aromatic heterocycles. The maximum Gasteiger partial charge on any atom is 0.258 e. The lowest BCUT2D eigenvalue weighted by Crippen LogP contribution is -2.68. The van der Waals surface area contributed by atoms with Crippen molar-refractivity contribution < 1.29 is 9.59 Å². The Morgan fingerprint density at radius 1 is 1.48 bits per heavy atom. The summed E-state index contributed by atoms with van der Waals surface area (Å²) in [6.07, 6.45) is 6.57. The highest BCUT2D eigenvalue weighted by molar-refractivity contribution is 6.02. The highest BCUT2D eigenvalue weighted by atomic mass is 16.2. The van der Waals surface area contributed by atoms with Gasteiger partial charge in [-0.2, -0.15) is 5.26 Å². The Kier molecular flexibility index (Phi) is 3.98. The van der Waals surface area contributed by atoms with Crippen LogP contribution in [-0.2, 0) is 4.79 Å². The molecule has 0 aliphatic carbocycles. The summed E-state index contributed by atoms with van der Waals surface area (Å²) in [6.45, 7) is 5.20. The molecule has 1 unspecified atom stereocenters. The summed E-state index contributed by atoms with van der Waals surface area (Å²) in [6, 6.07) is 3.48. The number of rotatable bonds is 2. The number of carbonyl (C=O) groups is 2. The predicted molar refractivity (Wildman–Crippen MR) is 83.8 cm³/mol. The van der Waals surface area contributed by atoms with Crippen LogP contribution < -0.4 is 16.0 Å². The lowest BCUT2D eigenvalue weighted by atomic mass is 9.94. The van der Waals surface area contributed by atoms with E-state index >= 15 is 0 Å². The minimum Gasteiger partial charge on any atom is -0.329 e. The molecule has 7 heteroatoms. The number of fused-ring (bicyclic) bond motifs is 1. The number of aromatic nitrogens is 1. The molecular formula is C16H17N5O2. The van der Waals surface area contributed by atoms with Crippen LogP contribution in [0.1, 0.15) is 43.1 Å². The van der Waals surface area contributed by atoms with Crippen LogP contribution in [-0.4, -0.2) is 22.6 Å². The number of nitrogens with zero attached hydrogens (tertiary/aromatic N) is 2. The fourth-order valence-electron chi connectivity index (χ4n) is 2.01. The van der Waals surface area contributed by atoms with E-state index in [0.717, 1.165) is 0 Å². The van der Waals surface area contributed by atoms with E-state index in [0.29, 0.717) is 5.56 Å². The Hall–Kier alpha value is -3.06. The fourth-order valence-corrected chi connectivity index (χ4v) is 2.01. The van der Waals surface area contributed by atoms with Crippen LogP contribution in [0.15, 0.2) is 12.3 Å². The Bertz CT molecular complexity index is 751. The average Bonchev–Trinajstić information content (AvgIpc) is 2.46. The Morgan fingerprint density at radius 2 is 2.17 bits per heavy atom. The number of hydrogen-bond donors (Lipinski definition) is 3. The molecular weight excluding hydrogens is 294 g/mol. The van der Waals surface area contributed by atoms with Crippen LogP contribution in [0.25, 0.3) is 0 Å². The minimum absolute atomic E-state index is 0.168. The van der Waals surface area contributed by atoms with E-state index in [1.165, 1.54) is 12.3 Å². The van der Waals surface area contributed by atoms with Crippen LogP contribution >= 0.6 is 0 Å². The van der Waals surface area contributed by atoms with Crippen molar-refractivity contribution in [3.8, 4) is 18.4 Å². The number of nitriles is 1. The molecule has 1 aliphatic rings. The standard InChI is InChI=1S/C16H17N5O2/c1-5-10-8-11-12(18-9-10)19-16(6-7-17,20-13(11)22)21-14(23)15(2,3)4/h1,8-9H,6H2,2-4H3,(H,18,19)(H,20,22)(H,21,23). The molecule has 2 heterocycles. The van der Waals surface area contributed by atoms with Gasteiger partial charge in [0.2, 0.25) is 11.7 Å². The van der Waals surface area contributed by atoms with Gasteiger partial charge in [-0.05, 0) is 6.07 Å². The number of nitrogens with one attached hydrogen (secondary N) is 3. The zero-order valence-electron chi connectivity index (χ0n) is 13.2. The first kappa shape index (κ1) is 16.3. The van der Waals surface area contributed by atoms with Gasteiger partial charge in [0.25, 0.3) is 5.91 Å². The summed E-state index contributed by atoms with van der Waals surface area (Å²) in [7, 11) is 0. The van der Waals surface area contributed by atoms with Crippen molar-refractivity contribution in [3.63, 3.8) is 0 Å². The van der Waals surface area contributed by atoms with Crippen molar-refractivity contribution in [2.45, 2.75) is 33.0 Å². The highest BCUT2D eigenvalue weighted by Gasteiger charge is 2.41. The monoisotopic (exact) mass is 311 g/mol. The molecule has 0 fully saturated rings. The summed E-state index contributed by atoms with van der Waals surface area (Å²) >= 11 is 0. The van der Waals surface area contributed by atoms with Crippen LogP contribution in [0, 0.1) is 29.1 Å². The molecule has 0 aromatic carbocycles. The maximum absolute atomic E-state index is 12.4. The summed E-state index contributed by atoms with van der Waals surface area (Å²) in [5, 5.41) is 17.3. The van der Waals surface area contributed by atoms with Gasteiger partial charge in [0.05, 0.1) is 18.1 Å². The first-order chi connectivity index (χ1) is 10.7. The van der Waals surface area contributed by atoms with E-state index in [-0.39, 0.29) is 23.7 Å². The molecule has 0 radical (unpaired) electrons. The number of carbonyl (C=O) groups excluding carboxylic acids is 2. The van der Waals surface area contributed by atoms with Gasteiger partial charge in [-0.1, -0.05) is 26.7 Å². The van der Waals surface area contributed by atoms with Crippen LogP contribution in [0.5, 0.6) is 0 Å². The van der Waals surface area contributed by atoms with Gasteiger partial charge in [-0.25, -0.2) is 4.98 Å². The topological polar surface area (TPSA) is 107 Å². The molecule has 0 saturated carbocycles. The molecule has 23 heavy (non-hydrogen) atoms. The number of amides is 2. The van der Waals surface area contributed by atoms with Gasteiger partial charge < -0.3 is 16.0 Å². The van der Waals surface area contributed by atoms with Gasteiger partial charge in [-0.15, -0.1) is 6.42 Å². The van der Waals surface area contributed by atoms with Crippen molar-refractivity contribution in [3.05, 3.63) is 23.4 Å². The lowest BCUT2D eigenvalue weighted by Gasteiger charge is -2.40. The molecule has 1 atom stereocenters. The summed E-state index contributed by atoms with van der Waals surface area (Å²) < 4.78 is 0. The third kappa shape index (κ3) is 3.24. The molecule has 0 spiro atoms. The van der Waals surface area contributed by atoms with Gasteiger partial charge in [0.15, 0.2) is 0 Å². The second kappa shape index (κ2) is 5.62. The Balaban J connectivity index is 2.40. The second-order valence-electron chi connectivity index (χ2n) is 6.29. The molecule has 2 amide bonds. The second-order valence-corrected chi connectivity index (χ2v) is 6.29. The van der Waals surface area contributed by atoms with E-state index in [2.05, 4.69) is 26.9 Å². The van der Waals surface area contributed by atoms with Crippen molar-refractivity contribution in [1.29, 1.82) is 5.26 Å². The van der Waals surface area contributed by atoms with E-state index in [1.807, 2.05) is 6.07 Å². The number of hydrogen-bond acceptors (Lipinski definition) is 5. The van der Waals surface area contributed by atoms with Crippen molar-refractivity contribution >= 4 is 17.6 Å². The fraction of sp³-hybridized carbons (Fsp3) is 0.375. The molecule has 7 nitrogen and oxygen atoms in total. The van der Waals surface area contributed by atoms with E-state index in [1.54, 1.807) is 20.8 Å². The van der Waals surface area contributed by atoms with Crippen molar-refractivity contribution in [2.24, 2.45) is 5.41 Å². The summed E-state index contributed by atoms with van der Waals surface area (Å²) in [5.74, 6) is 0.475. The number of anilines is 1. The Labute approximate surface area is 134 Å². The molecule has 1 aliphatic heterocycles. The smallest absolute Gasteiger partial charge is 0.258 e. The van der Waals surface area contributed by atoms with Crippen LogP contribution in [0.4, 0.5) is 5.82 Å². The van der Waals surface area contributed by atoms with Gasteiger partial charge >= 0.3 is 0 Å². The third-order valence-electron chi connectivity index (χ3n) is 3.31. The minimum atomic E-state index is -1.41. The summed E-state index contributed by atoms with van der Waals surface area (Å²) in [5.41, 5.74) is 0.0434. The Morgan fingerprint density at radius 3 is 2.74 bits per heavy atom. The lowest BCUT2D eigenvalue weighted by molar-refractivity contribution is -0.130. The normalized spacial score (nSPS) is 19.4. The largest absolute Gasteiger partial charge is 0.329 e. The van der Waals surface area contributed by atoms with Gasteiger partial charge in [-0.3, -0.25) is 9.59 Å². The highest BCUT2D eigenvalue weighted by Crippen LogP contribution is 2.25. The third-order valence-corrected chi connectivity index (χ3v) is 3.31. The van der Waals surface area contributed by atoms with Crippen molar-refractivity contribution in [1.82, 2.24) is 15.6 Å². The zero-order valence-corrected chi connectivity index (χ0v) is 13.2. The van der Waals surface area contributed by atoms with E-state index in [9.17, 15) is 9.59 Å². The molecule has 3 N–H and O–H groups in total. The number of pyridine rings is 1. The first-order valence-electron chi connectivity index (χ1n) is 6.98. The van der Waals surface area contributed by atoms with Gasteiger partial charge in [0, 0.05) is 17.2 Å². The first-order valence-corrected chi connectivity index (χ1v) is 6.98. The molecule has 0 saturated heterocycles. The van der Waals surface area contributed by atoms with Crippen LogP contribution in [0.2, 0.25) is 0 Å². The average molecular weight is 311 g/mol. The molecule has 2 rings (SSSR count). The SMILES string of the molecule is C#Cc1cnc2c(c1)C(=O)NC(CC#N)(NC(=O)C(C)(C)C)N2.